The van der Waals surface area contributed by atoms with Crippen molar-refractivity contribution in [2.45, 2.75) is 26.8 Å². The minimum absolute atomic E-state index is 0.182. The number of anilines is 1. The van der Waals surface area contributed by atoms with Crippen LogP contribution in [-0.4, -0.2) is 5.11 Å². The predicted molar refractivity (Wildman–Crippen MR) is 90.1 cm³/mol. The summed E-state index contributed by atoms with van der Waals surface area (Å²) in [5, 5.41) is 7.14. The number of benzene rings is 2. The summed E-state index contributed by atoms with van der Waals surface area (Å²) in [5.74, 6) is 0. The van der Waals surface area contributed by atoms with E-state index in [1.165, 1.54) is 16.7 Å². The summed E-state index contributed by atoms with van der Waals surface area (Å²) in [6, 6.07) is 16.8. The molecule has 2 N–H and O–H groups in total. The molecule has 0 bridgehead atoms. The summed E-state index contributed by atoms with van der Waals surface area (Å²) >= 11 is 5.35. The fourth-order valence-corrected chi connectivity index (χ4v) is 2.23. The maximum atomic E-state index is 5.35. The van der Waals surface area contributed by atoms with Crippen LogP contribution in [0.15, 0.2) is 48.5 Å². The van der Waals surface area contributed by atoms with Crippen LogP contribution in [0.3, 0.4) is 0 Å². The molecular formula is C17H20N2S. The van der Waals surface area contributed by atoms with Crippen LogP contribution in [0, 0.1) is 13.8 Å². The van der Waals surface area contributed by atoms with Gasteiger partial charge in [0.15, 0.2) is 5.11 Å². The number of nitrogens with one attached hydrogen (secondary N) is 2. The van der Waals surface area contributed by atoms with Crippen molar-refractivity contribution in [3.05, 3.63) is 65.2 Å². The van der Waals surface area contributed by atoms with Crippen LogP contribution in [0.25, 0.3) is 0 Å². The van der Waals surface area contributed by atoms with E-state index in [4.69, 9.17) is 12.2 Å². The Morgan fingerprint density at radius 2 is 1.40 bits per heavy atom. The van der Waals surface area contributed by atoms with Crippen molar-refractivity contribution in [3.8, 4) is 0 Å². The van der Waals surface area contributed by atoms with E-state index in [-0.39, 0.29) is 6.04 Å². The van der Waals surface area contributed by atoms with Gasteiger partial charge in [-0.15, -0.1) is 0 Å². The van der Waals surface area contributed by atoms with Crippen molar-refractivity contribution in [2.75, 3.05) is 5.32 Å². The molecule has 0 amide bonds. The highest BCUT2D eigenvalue weighted by Gasteiger charge is 2.06. The third-order valence-corrected chi connectivity index (χ3v) is 3.45. The SMILES string of the molecule is Cc1ccc(NC(=S)NC(C)c2ccc(C)cc2)cc1. The first-order valence-corrected chi connectivity index (χ1v) is 7.16. The molecule has 2 aromatic rings. The Balaban J connectivity index is 1.93. The van der Waals surface area contributed by atoms with Gasteiger partial charge in [0.05, 0.1) is 6.04 Å². The average molecular weight is 284 g/mol. The lowest BCUT2D eigenvalue weighted by molar-refractivity contribution is 0.722. The fraction of sp³-hybridized carbons (Fsp3) is 0.235. The van der Waals surface area contributed by atoms with Crippen LogP contribution in [0.4, 0.5) is 5.69 Å². The minimum Gasteiger partial charge on any atom is -0.356 e. The van der Waals surface area contributed by atoms with Crippen LogP contribution in [0.2, 0.25) is 0 Å². The van der Waals surface area contributed by atoms with Crippen LogP contribution < -0.4 is 10.6 Å². The number of hydrogen-bond donors (Lipinski definition) is 2. The molecule has 2 rings (SSSR count). The highest BCUT2D eigenvalue weighted by Crippen LogP contribution is 2.14. The fourth-order valence-electron chi connectivity index (χ4n) is 1.94. The minimum atomic E-state index is 0.182. The van der Waals surface area contributed by atoms with E-state index in [1.807, 2.05) is 12.1 Å². The van der Waals surface area contributed by atoms with Gasteiger partial charge in [-0.05, 0) is 50.7 Å². The molecule has 0 radical (unpaired) electrons. The lowest BCUT2D eigenvalue weighted by Gasteiger charge is -2.17. The molecule has 104 valence electrons. The molecule has 0 aliphatic heterocycles. The van der Waals surface area contributed by atoms with Crippen LogP contribution in [0.1, 0.15) is 29.7 Å². The zero-order valence-corrected chi connectivity index (χ0v) is 12.9. The number of aryl methyl sites for hydroxylation is 2. The van der Waals surface area contributed by atoms with Crippen LogP contribution in [-0.2, 0) is 0 Å². The number of rotatable bonds is 3. The summed E-state index contributed by atoms with van der Waals surface area (Å²) in [4.78, 5) is 0. The topological polar surface area (TPSA) is 24.1 Å². The second-order valence-corrected chi connectivity index (χ2v) is 5.51. The molecule has 0 aliphatic carbocycles. The van der Waals surface area contributed by atoms with Gasteiger partial charge in [0, 0.05) is 5.69 Å². The summed E-state index contributed by atoms with van der Waals surface area (Å²) < 4.78 is 0. The van der Waals surface area contributed by atoms with Crippen molar-refractivity contribution in [3.63, 3.8) is 0 Å². The lowest BCUT2D eigenvalue weighted by atomic mass is 10.1. The van der Waals surface area contributed by atoms with E-state index in [9.17, 15) is 0 Å². The Hall–Kier alpha value is -1.87. The molecule has 20 heavy (non-hydrogen) atoms. The Morgan fingerprint density at radius 1 is 0.900 bits per heavy atom. The number of hydrogen-bond acceptors (Lipinski definition) is 1. The zero-order valence-electron chi connectivity index (χ0n) is 12.1. The molecule has 3 heteroatoms. The highest BCUT2D eigenvalue weighted by atomic mass is 32.1. The van der Waals surface area contributed by atoms with Crippen LogP contribution in [0.5, 0.6) is 0 Å². The smallest absolute Gasteiger partial charge is 0.171 e. The Morgan fingerprint density at radius 3 is 1.95 bits per heavy atom. The second-order valence-electron chi connectivity index (χ2n) is 5.10. The molecule has 2 nitrogen and oxygen atoms in total. The summed E-state index contributed by atoms with van der Waals surface area (Å²) in [7, 11) is 0. The molecule has 0 saturated heterocycles. The van der Waals surface area contributed by atoms with E-state index in [0.29, 0.717) is 5.11 Å². The molecule has 0 saturated carbocycles. The molecule has 0 heterocycles. The summed E-state index contributed by atoms with van der Waals surface area (Å²) in [5.41, 5.74) is 4.73. The van der Waals surface area contributed by atoms with Gasteiger partial charge in [-0.25, -0.2) is 0 Å². The molecule has 0 aliphatic rings. The van der Waals surface area contributed by atoms with Gasteiger partial charge >= 0.3 is 0 Å². The quantitative estimate of drug-likeness (QED) is 0.819. The highest BCUT2D eigenvalue weighted by molar-refractivity contribution is 7.80. The van der Waals surface area contributed by atoms with Gasteiger partial charge in [0.1, 0.15) is 0 Å². The summed E-state index contributed by atoms with van der Waals surface area (Å²) in [6.45, 7) is 6.26. The van der Waals surface area contributed by atoms with E-state index in [1.54, 1.807) is 0 Å². The maximum absolute atomic E-state index is 5.35. The predicted octanol–water partition coefficient (Wildman–Crippen LogP) is 4.35. The maximum Gasteiger partial charge on any atom is 0.171 e. The zero-order chi connectivity index (χ0) is 14.5. The van der Waals surface area contributed by atoms with E-state index in [0.717, 1.165) is 5.69 Å². The molecule has 0 fully saturated rings. The second kappa shape index (κ2) is 6.53. The van der Waals surface area contributed by atoms with Crippen LogP contribution >= 0.6 is 12.2 Å². The Labute approximate surface area is 126 Å². The largest absolute Gasteiger partial charge is 0.356 e. The molecule has 1 unspecified atom stereocenters. The first kappa shape index (κ1) is 14.5. The van der Waals surface area contributed by atoms with Gasteiger partial charge in [-0.3, -0.25) is 0 Å². The van der Waals surface area contributed by atoms with Crippen molar-refractivity contribution in [1.29, 1.82) is 0 Å². The van der Waals surface area contributed by atoms with E-state index in [2.05, 4.69) is 67.8 Å². The monoisotopic (exact) mass is 284 g/mol. The van der Waals surface area contributed by atoms with Gasteiger partial charge in [-0.1, -0.05) is 47.5 Å². The molecule has 0 spiro atoms. The molecule has 1 atom stereocenters. The van der Waals surface area contributed by atoms with Gasteiger partial charge in [0.25, 0.3) is 0 Å². The van der Waals surface area contributed by atoms with Crippen molar-refractivity contribution in [1.82, 2.24) is 5.32 Å². The first-order valence-electron chi connectivity index (χ1n) is 6.75. The average Bonchev–Trinajstić information content (AvgIpc) is 2.42. The molecule has 2 aromatic carbocycles. The van der Waals surface area contributed by atoms with Crippen molar-refractivity contribution >= 4 is 23.0 Å². The van der Waals surface area contributed by atoms with Gasteiger partial charge in [-0.2, -0.15) is 0 Å². The standard InChI is InChI=1S/C17H20N2S/c1-12-4-8-15(9-5-12)14(3)18-17(20)19-16-10-6-13(2)7-11-16/h4-11,14H,1-3H3,(H2,18,19,20). The third kappa shape index (κ3) is 4.07. The first-order chi connectivity index (χ1) is 9.54. The summed E-state index contributed by atoms with van der Waals surface area (Å²) in [6.07, 6.45) is 0. The Kier molecular flexibility index (Phi) is 4.74. The van der Waals surface area contributed by atoms with Gasteiger partial charge < -0.3 is 10.6 Å². The molecule has 0 aromatic heterocycles. The van der Waals surface area contributed by atoms with E-state index >= 15 is 0 Å². The molecular weight excluding hydrogens is 264 g/mol. The lowest BCUT2D eigenvalue weighted by Crippen LogP contribution is -2.30. The number of thiocarbonyl (C=S) groups is 1. The van der Waals surface area contributed by atoms with E-state index < -0.39 is 0 Å². The Bertz CT molecular complexity index is 573. The van der Waals surface area contributed by atoms with Gasteiger partial charge in [0.2, 0.25) is 0 Å². The third-order valence-electron chi connectivity index (χ3n) is 3.23. The van der Waals surface area contributed by atoms with Crippen molar-refractivity contribution in [2.24, 2.45) is 0 Å². The van der Waals surface area contributed by atoms with Crippen molar-refractivity contribution < 1.29 is 0 Å². The normalized spacial score (nSPS) is 11.8.